The van der Waals surface area contributed by atoms with Crippen LogP contribution in [-0.4, -0.2) is 64.4 Å². The molecule has 0 fully saturated rings. The minimum absolute atomic E-state index is 0.0128. The van der Waals surface area contributed by atoms with Crippen molar-refractivity contribution in [2.24, 2.45) is 0 Å². The summed E-state index contributed by atoms with van der Waals surface area (Å²) in [6.07, 6.45) is 4.07. The van der Waals surface area contributed by atoms with Crippen molar-refractivity contribution < 1.29 is 28.7 Å². The molecule has 0 radical (unpaired) electrons. The quantitative estimate of drug-likeness (QED) is 0.104. The van der Waals surface area contributed by atoms with E-state index in [-0.39, 0.29) is 18.7 Å². The molecule has 2 aromatic carbocycles. The highest BCUT2D eigenvalue weighted by molar-refractivity contribution is 7.80. The van der Waals surface area contributed by atoms with Crippen LogP contribution in [0.1, 0.15) is 103 Å². The molecule has 2 aromatic rings. The summed E-state index contributed by atoms with van der Waals surface area (Å²) in [6, 6.07) is 13.6. The van der Waals surface area contributed by atoms with E-state index < -0.39 is 53.2 Å². The number of thiol groups is 1. The number of rotatable bonds is 16. The molecule has 0 aliphatic rings. The summed E-state index contributed by atoms with van der Waals surface area (Å²) >= 11 is 4.40. The maximum absolute atomic E-state index is 14.5. The van der Waals surface area contributed by atoms with Crippen LogP contribution in [0.2, 0.25) is 0 Å². The Kier molecular flexibility index (Phi) is 15.8. The molecule has 3 unspecified atom stereocenters. The fraction of sp³-hybridized carbons (Fsp3) is 0.568. The Hall–Kier alpha value is -3.53. The number of nitrogens with one attached hydrogen (secondary N) is 2. The van der Waals surface area contributed by atoms with Crippen molar-refractivity contribution >= 4 is 36.5 Å². The van der Waals surface area contributed by atoms with Crippen molar-refractivity contribution in [3.63, 3.8) is 0 Å². The van der Waals surface area contributed by atoms with Gasteiger partial charge in [-0.25, -0.2) is 9.59 Å². The Bertz CT molecular complexity index is 1310. The molecule has 0 bridgehead atoms. The van der Waals surface area contributed by atoms with Gasteiger partial charge in [0.05, 0.1) is 0 Å². The second-order valence-corrected chi connectivity index (χ2v) is 14.2. The van der Waals surface area contributed by atoms with Gasteiger partial charge in [-0.3, -0.25) is 9.59 Å². The molecule has 0 aliphatic carbocycles. The van der Waals surface area contributed by atoms with Gasteiger partial charge in [0.1, 0.15) is 29.3 Å². The lowest BCUT2D eigenvalue weighted by molar-refractivity contribution is -0.159. The number of alkyl carbamates (subject to hydrolysis) is 1. The first kappa shape index (κ1) is 39.6. The largest absolute Gasteiger partial charge is 0.458 e. The Morgan fingerprint density at radius 1 is 0.787 bits per heavy atom. The van der Waals surface area contributed by atoms with E-state index in [4.69, 9.17) is 9.47 Å². The highest BCUT2D eigenvalue weighted by Gasteiger charge is 2.38. The second kappa shape index (κ2) is 18.7. The van der Waals surface area contributed by atoms with E-state index >= 15 is 0 Å². The van der Waals surface area contributed by atoms with Crippen molar-refractivity contribution in [2.75, 3.05) is 12.3 Å². The number of carbonyl (C=O) groups excluding carboxylic acids is 4. The van der Waals surface area contributed by atoms with Crippen molar-refractivity contribution in [1.29, 1.82) is 0 Å². The zero-order valence-electron chi connectivity index (χ0n) is 29.4. The van der Waals surface area contributed by atoms with Gasteiger partial charge in [0, 0.05) is 18.7 Å². The van der Waals surface area contributed by atoms with Crippen molar-refractivity contribution in [1.82, 2.24) is 15.5 Å². The number of esters is 1. The van der Waals surface area contributed by atoms with Crippen LogP contribution in [0.25, 0.3) is 0 Å². The summed E-state index contributed by atoms with van der Waals surface area (Å²) in [5.74, 6) is -1.58. The van der Waals surface area contributed by atoms with Gasteiger partial charge in [-0.05, 0) is 71.6 Å². The molecule has 260 valence electrons. The predicted molar refractivity (Wildman–Crippen MR) is 189 cm³/mol. The number of benzene rings is 2. The predicted octanol–water partition coefficient (Wildman–Crippen LogP) is 6.73. The zero-order chi connectivity index (χ0) is 35.2. The number of carbonyl (C=O) groups is 4. The molecule has 0 aliphatic heterocycles. The van der Waals surface area contributed by atoms with Crippen LogP contribution in [-0.2, 0) is 30.3 Å². The summed E-state index contributed by atoms with van der Waals surface area (Å²) in [7, 11) is 0. The van der Waals surface area contributed by atoms with E-state index in [0.717, 1.165) is 36.8 Å². The average molecular weight is 670 g/mol. The summed E-state index contributed by atoms with van der Waals surface area (Å²) in [5.41, 5.74) is 0.712. The number of aryl methyl sites for hydroxylation is 1. The van der Waals surface area contributed by atoms with Gasteiger partial charge in [-0.2, -0.15) is 12.6 Å². The molecule has 9 nitrogen and oxygen atoms in total. The standard InChI is InChI=1S/C37H55N3O6S/c1-9-10-11-12-18-23-40(33(42)30(25-47)39-35(44)46-37(6,7)8)31(28-22-17-16-19-26(28)2)32(41)38-29(34(43)45-36(3,4)5)24-27-20-14-13-15-21-27/h13-17,19-22,29-31,47H,9-12,18,23-25H2,1-8H3,(H,38,41)(H,39,44). The third-order valence-electron chi connectivity index (χ3n) is 7.29. The first-order valence-corrected chi connectivity index (χ1v) is 17.2. The van der Waals surface area contributed by atoms with Crippen LogP contribution >= 0.6 is 12.6 Å². The van der Waals surface area contributed by atoms with Crippen LogP contribution in [0.5, 0.6) is 0 Å². The highest BCUT2D eigenvalue weighted by atomic mass is 32.1. The van der Waals surface area contributed by atoms with Gasteiger partial charge in [0.25, 0.3) is 0 Å². The molecule has 0 saturated carbocycles. The lowest BCUT2D eigenvalue weighted by Crippen LogP contribution is -2.55. The Morgan fingerprint density at radius 3 is 1.96 bits per heavy atom. The lowest BCUT2D eigenvalue weighted by atomic mass is 9.97. The number of hydrogen-bond acceptors (Lipinski definition) is 7. The lowest BCUT2D eigenvalue weighted by Gasteiger charge is -2.35. The summed E-state index contributed by atoms with van der Waals surface area (Å²) < 4.78 is 11.2. The smallest absolute Gasteiger partial charge is 0.408 e. The van der Waals surface area contributed by atoms with Gasteiger partial charge in [-0.1, -0.05) is 87.2 Å². The first-order chi connectivity index (χ1) is 22.1. The zero-order valence-corrected chi connectivity index (χ0v) is 30.3. The first-order valence-electron chi connectivity index (χ1n) is 16.6. The van der Waals surface area contributed by atoms with E-state index in [1.54, 1.807) is 41.5 Å². The molecule has 2 N–H and O–H groups in total. The van der Waals surface area contributed by atoms with Crippen LogP contribution < -0.4 is 10.6 Å². The van der Waals surface area contributed by atoms with E-state index in [9.17, 15) is 19.2 Å². The van der Waals surface area contributed by atoms with Gasteiger partial charge in [0.15, 0.2) is 0 Å². The normalized spacial score (nSPS) is 13.6. The highest BCUT2D eigenvalue weighted by Crippen LogP contribution is 2.27. The molecule has 0 saturated heterocycles. The van der Waals surface area contributed by atoms with E-state index in [0.29, 0.717) is 12.0 Å². The SMILES string of the molecule is CCCCCCCN(C(=O)C(CS)NC(=O)OC(C)(C)C)C(C(=O)NC(Cc1ccccc1)C(=O)OC(C)(C)C)c1ccccc1C. The van der Waals surface area contributed by atoms with E-state index in [1.165, 1.54) is 4.90 Å². The third-order valence-corrected chi connectivity index (χ3v) is 7.66. The van der Waals surface area contributed by atoms with Crippen LogP contribution in [0.4, 0.5) is 4.79 Å². The summed E-state index contributed by atoms with van der Waals surface area (Å²) in [6.45, 7) is 14.8. The molecular weight excluding hydrogens is 614 g/mol. The monoisotopic (exact) mass is 669 g/mol. The third kappa shape index (κ3) is 14.0. The van der Waals surface area contributed by atoms with Gasteiger partial charge in [0.2, 0.25) is 11.8 Å². The maximum atomic E-state index is 14.5. The van der Waals surface area contributed by atoms with Crippen LogP contribution in [0, 0.1) is 6.92 Å². The number of nitrogens with zero attached hydrogens (tertiary/aromatic N) is 1. The second-order valence-electron chi connectivity index (χ2n) is 13.9. The fourth-order valence-electron chi connectivity index (χ4n) is 5.10. The summed E-state index contributed by atoms with van der Waals surface area (Å²) in [5, 5.41) is 5.61. The molecule has 0 heterocycles. The minimum Gasteiger partial charge on any atom is -0.458 e. The van der Waals surface area contributed by atoms with Gasteiger partial charge >= 0.3 is 12.1 Å². The van der Waals surface area contributed by atoms with Crippen molar-refractivity contribution in [2.45, 2.75) is 123 Å². The number of amides is 3. The Morgan fingerprint density at radius 2 is 1.38 bits per heavy atom. The number of hydrogen-bond donors (Lipinski definition) is 3. The number of ether oxygens (including phenoxy) is 2. The summed E-state index contributed by atoms with van der Waals surface area (Å²) in [4.78, 5) is 56.7. The van der Waals surface area contributed by atoms with Crippen molar-refractivity contribution in [3.8, 4) is 0 Å². The molecule has 0 spiro atoms. The van der Waals surface area contributed by atoms with E-state index in [1.807, 2.05) is 61.5 Å². The fourth-order valence-corrected chi connectivity index (χ4v) is 5.35. The van der Waals surface area contributed by atoms with Gasteiger partial charge in [-0.15, -0.1) is 0 Å². The average Bonchev–Trinajstić information content (AvgIpc) is 2.98. The Balaban J connectivity index is 2.58. The molecule has 47 heavy (non-hydrogen) atoms. The molecule has 2 rings (SSSR count). The minimum atomic E-state index is -1.10. The molecule has 0 aromatic heterocycles. The molecular formula is C37H55N3O6S. The van der Waals surface area contributed by atoms with E-state index in [2.05, 4.69) is 30.2 Å². The Labute approximate surface area is 286 Å². The van der Waals surface area contributed by atoms with Crippen molar-refractivity contribution in [3.05, 3.63) is 71.3 Å². The molecule has 10 heteroatoms. The van der Waals surface area contributed by atoms with Gasteiger partial charge < -0.3 is 25.0 Å². The molecule has 3 amide bonds. The topological polar surface area (TPSA) is 114 Å². The van der Waals surface area contributed by atoms with Crippen LogP contribution in [0.15, 0.2) is 54.6 Å². The maximum Gasteiger partial charge on any atom is 0.408 e. The number of unbranched alkanes of at least 4 members (excludes halogenated alkanes) is 4. The van der Waals surface area contributed by atoms with Crippen LogP contribution in [0.3, 0.4) is 0 Å². The molecule has 3 atom stereocenters.